The second kappa shape index (κ2) is 4.87. The van der Waals surface area contributed by atoms with Gasteiger partial charge in [0.05, 0.1) is 0 Å². The fraction of sp³-hybridized carbons (Fsp3) is 0.143. The number of benzene rings is 1. The van der Waals surface area contributed by atoms with E-state index in [0.29, 0.717) is 11.5 Å². The molecule has 0 aliphatic heterocycles. The number of carbonyl (C=O) groups is 1. The highest BCUT2D eigenvalue weighted by Gasteiger charge is 2.12. The zero-order valence-corrected chi connectivity index (χ0v) is 10.2. The molecule has 18 heavy (non-hydrogen) atoms. The van der Waals surface area contributed by atoms with Crippen LogP contribution in [0.5, 0.6) is 11.5 Å². The number of carboxylic acids is 1. The third-order valence-electron chi connectivity index (χ3n) is 2.46. The SMILES string of the molecule is Cc1ccc(C(=O)O)c(Oc2ccnc(C)c2)c1. The number of carboxylic acid groups (broad SMARTS) is 1. The van der Waals surface area contributed by atoms with E-state index < -0.39 is 5.97 Å². The van der Waals surface area contributed by atoms with Crippen molar-refractivity contribution in [1.82, 2.24) is 4.98 Å². The molecule has 1 heterocycles. The van der Waals surface area contributed by atoms with Gasteiger partial charge < -0.3 is 9.84 Å². The highest BCUT2D eigenvalue weighted by molar-refractivity contribution is 5.91. The van der Waals surface area contributed by atoms with Crippen molar-refractivity contribution in [2.75, 3.05) is 0 Å². The first-order valence-electron chi connectivity index (χ1n) is 5.51. The quantitative estimate of drug-likeness (QED) is 0.899. The molecule has 0 radical (unpaired) electrons. The first-order valence-corrected chi connectivity index (χ1v) is 5.51. The summed E-state index contributed by atoms with van der Waals surface area (Å²) in [6, 6.07) is 8.45. The normalized spacial score (nSPS) is 10.1. The molecule has 1 aromatic carbocycles. The summed E-state index contributed by atoms with van der Waals surface area (Å²) < 4.78 is 5.61. The molecule has 0 atom stereocenters. The van der Waals surface area contributed by atoms with Crippen LogP contribution in [0.15, 0.2) is 36.5 Å². The average Bonchev–Trinajstić information content (AvgIpc) is 2.28. The van der Waals surface area contributed by atoms with E-state index in [0.717, 1.165) is 11.3 Å². The largest absolute Gasteiger partial charge is 0.478 e. The number of aromatic nitrogens is 1. The van der Waals surface area contributed by atoms with Crippen LogP contribution in [-0.4, -0.2) is 16.1 Å². The Bertz CT molecular complexity index is 593. The van der Waals surface area contributed by atoms with Crippen LogP contribution in [-0.2, 0) is 0 Å². The minimum absolute atomic E-state index is 0.148. The summed E-state index contributed by atoms with van der Waals surface area (Å²) in [5.41, 5.74) is 1.91. The van der Waals surface area contributed by atoms with Crippen LogP contribution < -0.4 is 4.74 Å². The Kier molecular flexibility index (Phi) is 3.28. The number of rotatable bonds is 3. The zero-order valence-electron chi connectivity index (χ0n) is 10.2. The Morgan fingerprint density at radius 1 is 1.22 bits per heavy atom. The molecular formula is C14H13NO3. The van der Waals surface area contributed by atoms with E-state index in [1.54, 1.807) is 36.5 Å². The molecule has 4 nitrogen and oxygen atoms in total. The fourth-order valence-electron chi connectivity index (χ4n) is 1.60. The Balaban J connectivity index is 2.39. The predicted molar refractivity (Wildman–Crippen MR) is 67.2 cm³/mol. The van der Waals surface area contributed by atoms with Gasteiger partial charge >= 0.3 is 5.97 Å². The lowest BCUT2D eigenvalue weighted by atomic mass is 10.1. The molecule has 4 heteroatoms. The molecule has 0 bridgehead atoms. The van der Waals surface area contributed by atoms with E-state index in [1.165, 1.54) is 0 Å². The Hall–Kier alpha value is -2.36. The zero-order chi connectivity index (χ0) is 13.1. The summed E-state index contributed by atoms with van der Waals surface area (Å²) >= 11 is 0. The Labute approximate surface area is 105 Å². The molecule has 0 aliphatic rings. The van der Waals surface area contributed by atoms with Gasteiger partial charge in [0.25, 0.3) is 0 Å². The number of aromatic carboxylic acids is 1. The van der Waals surface area contributed by atoms with Crippen molar-refractivity contribution in [1.29, 1.82) is 0 Å². The van der Waals surface area contributed by atoms with Gasteiger partial charge in [0.15, 0.2) is 0 Å². The van der Waals surface area contributed by atoms with Crippen molar-refractivity contribution < 1.29 is 14.6 Å². The first-order chi connectivity index (χ1) is 8.56. The molecule has 0 saturated carbocycles. The van der Waals surface area contributed by atoms with Gasteiger partial charge in [-0.2, -0.15) is 0 Å². The monoisotopic (exact) mass is 243 g/mol. The number of pyridine rings is 1. The first kappa shape index (κ1) is 12.1. The van der Waals surface area contributed by atoms with Gasteiger partial charge in [-0.15, -0.1) is 0 Å². The summed E-state index contributed by atoms with van der Waals surface area (Å²) in [4.78, 5) is 15.2. The Morgan fingerprint density at radius 3 is 2.67 bits per heavy atom. The number of aryl methyl sites for hydroxylation is 2. The van der Waals surface area contributed by atoms with Crippen LogP contribution in [0.1, 0.15) is 21.6 Å². The molecule has 92 valence electrons. The van der Waals surface area contributed by atoms with Gasteiger partial charge in [-0.3, -0.25) is 4.98 Å². The summed E-state index contributed by atoms with van der Waals surface area (Å²) in [7, 11) is 0. The van der Waals surface area contributed by atoms with E-state index in [2.05, 4.69) is 4.98 Å². The van der Waals surface area contributed by atoms with E-state index in [-0.39, 0.29) is 5.56 Å². The summed E-state index contributed by atoms with van der Waals surface area (Å²) in [6.45, 7) is 3.73. The fourth-order valence-corrected chi connectivity index (χ4v) is 1.60. The van der Waals surface area contributed by atoms with Crippen LogP contribution in [0.4, 0.5) is 0 Å². The summed E-state index contributed by atoms with van der Waals surface area (Å²) in [5.74, 6) is -0.0838. The molecule has 0 amide bonds. The van der Waals surface area contributed by atoms with Crippen LogP contribution in [0.25, 0.3) is 0 Å². The third kappa shape index (κ3) is 2.66. The van der Waals surface area contributed by atoms with E-state index in [1.807, 2.05) is 13.8 Å². The lowest BCUT2D eigenvalue weighted by Gasteiger charge is -2.09. The van der Waals surface area contributed by atoms with Crippen molar-refractivity contribution in [3.63, 3.8) is 0 Å². The molecule has 2 aromatic rings. The minimum atomic E-state index is -1.00. The molecule has 0 unspecified atom stereocenters. The van der Waals surface area contributed by atoms with Crippen molar-refractivity contribution in [3.8, 4) is 11.5 Å². The maximum Gasteiger partial charge on any atom is 0.339 e. The lowest BCUT2D eigenvalue weighted by molar-refractivity contribution is 0.0694. The summed E-state index contributed by atoms with van der Waals surface area (Å²) in [5, 5.41) is 9.10. The molecule has 0 spiro atoms. The van der Waals surface area contributed by atoms with Crippen LogP contribution in [0.3, 0.4) is 0 Å². The van der Waals surface area contributed by atoms with Crippen LogP contribution in [0, 0.1) is 13.8 Å². The number of ether oxygens (including phenoxy) is 1. The Morgan fingerprint density at radius 2 is 2.00 bits per heavy atom. The number of hydrogen-bond donors (Lipinski definition) is 1. The van der Waals surface area contributed by atoms with Crippen molar-refractivity contribution >= 4 is 5.97 Å². The molecule has 0 aliphatic carbocycles. The van der Waals surface area contributed by atoms with Gasteiger partial charge in [0.1, 0.15) is 17.1 Å². The molecular weight excluding hydrogens is 230 g/mol. The van der Waals surface area contributed by atoms with Crippen LogP contribution in [0.2, 0.25) is 0 Å². The topological polar surface area (TPSA) is 59.4 Å². The molecule has 2 rings (SSSR count). The van der Waals surface area contributed by atoms with Gasteiger partial charge in [-0.1, -0.05) is 6.07 Å². The second-order valence-corrected chi connectivity index (χ2v) is 4.04. The van der Waals surface area contributed by atoms with Gasteiger partial charge in [0, 0.05) is 18.0 Å². The van der Waals surface area contributed by atoms with Crippen molar-refractivity contribution in [2.45, 2.75) is 13.8 Å². The molecule has 1 N–H and O–H groups in total. The van der Waals surface area contributed by atoms with Crippen LogP contribution >= 0.6 is 0 Å². The van der Waals surface area contributed by atoms with Crippen molar-refractivity contribution in [2.24, 2.45) is 0 Å². The average molecular weight is 243 g/mol. The maximum absolute atomic E-state index is 11.1. The number of hydrogen-bond acceptors (Lipinski definition) is 3. The highest BCUT2D eigenvalue weighted by atomic mass is 16.5. The molecule has 0 fully saturated rings. The van der Waals surface area contributed by atoms with Crippen molar-refractivity contribution in [3.05, 3.63) is 53.3 Å². The standard InChI is InChI=1S/C14H13NO3/c1-9-3-4-12(14(16)17)13(7-9)18-11-5-6-15-10(2)8-11/h3-8H,1-2H3,(H,16,17). The third-order valence-corrected chi connectivity index (χ3v) is 2.46. The van der Waals surface area contributed by atoms with Gasteiger partial charge in [-0.25, -0.2) is 4.79 Å². The molecule has 1 aromatic heterocycles. The summed E-state index contributed by atoms with van der Waals surface area (Å²) in [6.07, 6.45) is 1.63. The van der Waals surface area contributed by atoms with E-state index in [4.69, 9.17) is 9.84 Å². The van der Waals surface area contributed by atoms with E-state index in [9.17, 15) is 4.79 Å². The van der Waals surface area contributed by atoms with E-state index >= 15 is 0 Å². The maximum atomic E-state index is 11.1. The predicted octanol–water partition coefficient (Wildman–Crippen LogP) is 3.19. The highest BCUT2D eigenvalue weighted by Crippen LogP contribution is 2.26. The second-order valence-electron chi connectivity index (χ2n) is 4.04. The van der Waals surface area contributed by atoms with Gasteiger partial charge in [-0.05, 0) is 37.6 Å². The smallest absolute Gasteiger partial charge is 0.339 e. The van der Waals surface area contributed by atoms with Gasteiger partial charge in [0.2, 0.25) is 0 Å². The molecule has 0 saturated heterocycles. The lowest BCUT2D eigenvalue weighted by Crippen LogP contribution is -2.00. The minimum Gasteiger partial charge on any atom is -0.478 e. The number of nitrogens with zero attached hydrogens (tertiary/aromatic N) is 1.